The Hall–Kier alpha value is 0.250. The molecule has 0 fully saturated rings. The molecule has 0 aliphatic heterocycles. The second-order valence-corrected chi connectivity index (χ2v) is 6.36. The Kier molecular flexibility index (Phi) is 17.6. The molecule has 20 heavy (non-hydrogen) atoms. The van der Waals surface area contributed by atoms with Crippen LogP contribution in [0.15, 0.2) is 0 Å². The average molecular weight is 306 g/mol. The van der Waals surface area contributed by atoms with Crippen molar-refractivity contribution in [3.63, 3.8) is 0 Å². The maximum Gasteiger partial charge on any atom is 0.0786 e. The summed E-state index contributed by atoms with van der Waals surface area (Å²) in [6.45, 7) is 15.0. The van der Waals surface area contributed by atoms with E-state index >= 15 is 0 Å². The van der Waals surface area contributed by atoms with Crippen molar-refractivity contribution in [3.05, 3.63) is 0 Å². The molecule has 0 aromatic heterocycles. The third-order valence-electron chi connectivity index (χ3n) is 4.33. The first-order valence-electron chi connectivity index (χ1n) is 9.09. The molecule has 0 atom stereocenters. The molecule has 0 amide bonds. The zero-order valence-corrected chi connectivity index (χ0v) is 15.5. The molecule has 0 aliphatic rings. The second kappa shape index (κ2) is 15.6. The summed E-state index contributed by atoms with van der Waals surface area (Å²) < 4.78 is 1.40. The molecule has 0 radical (unpaired) electrons. The summed E-state index contributed by atoms with van der Waals surface area (Å²) >= 11 is 0. The maximum atomic E-state index is 2.35. The van der Waals surface area contributed by atoms with Crippen LogP contribution < -0.4 is 12.4 Å². The molecule has 0 spiro atoms. The molecular weight excluding hydrogens is 266 g/mol. The summed E-state index contributed by atoms with van der Waals surface area (Å²) in [4.78, 5) is 0. The lowest BCUT2D eigenvalue weighted by molar-refractivity contribution is -0.928. The van der Waals surface area contributed by atoms with Crippen molar-refractivity contribution in [2.45, 2.75) is 91.9 Å². The number of quaternary nitrogens is 1. The molecule has 124 valence electrons. The standard InChI is InChI=1S/C18H40N.ClH/c1-5-9-10-11-12-13-14-18-19(15-6-2,16-7-3)17-8-4;/h5-18H2,1-4H3;1H/q+1;/p-1. The van der Waals surface area contributed by atoms with Crippen LogP contribution in [0.25, 0.3) is 0 Å². The lowest BCUT2D eigenvalue weighted by atomic mass is 10.1. The zero-order valence-electron chi connectivity index (χ0n) is 14.7. The maximum absolute atomic E-state index is 2.35. The van der Waals surface area contributed by atoms with Gasteiger partial charge in [0.1, 0.15) is 0 Å². The monoisotopic (exact) mass is 305 g/mol. The number of hydrogen-bond acceptors (Lipinski definition) is 0. The van der Waals surface area contributed by atoms with Gasteiger partial charge in [0.05, 0.1) is 26.2 Å². The van der Waals surface area contributed by atoms with Crippen LogP contribution in [0.3, 0.4) is 0 Å². The van der Waals surface area contributed by atoms with Gasteiger partial charge >= 0.3 is 0 Å². The molecule has 0 aromatic carbocycles. The third kappa shape index (κ3) is 11.0. The van der Waals surface area contributed by atoms with Gasteiger partial charge in [-0.25, -0.2) is 0 Å². The van der Waals surface area contributed by atoms with Gasteiger partial charge in [-0.1, -0.05) is 59.8 Å². The van der Waals surface area contributed by atoms with Gasteiger partial charge in [0.25, 0.3) is 0 Å². The SMILES string of the molecule is CCCCCCCCC[N+](CCC)(CCC)CCC.[Cl-]. The van der Waals surface area contributed by atoms with Gasteiger partial charge < -0.3 is 16.9 Å². The lowest BCUT2D eigenvalue weighted by Crippen LogP contribution is -3.00. The van der Waals surface area contributed by atoms with E-state index in [0.717, 1.165) is 0 Å². The first kappa shape index (κ1) is 22.5. The first-order valence-corrected chi connectivity index (χ1v) is 9.09. The van der Waals surface area contributed by atoms with Crippen molar-refractivity contribution in [2.75, 3.05) is 26.2 Å². The highest BCUT2D eigenvalue weighted by atomic mass is 35.5. The zero-order chi connectivity index (χ0) is 14.4. The Labute approximate surface area is 135 Å². The van der Waals surface area contributed by atoms with E-state index in [1.165, 1.54) is 94.9 Å². The van der Waals surface area contributed by atoms with Crippen LogP contribution in [-0.2, 0) is 0 Å². The van der Waals surface area contributed by atoms with Gasteiger partial charge in [0.2, 0.25) is 0 Å². The highest BCUT2D eigenvalue weighted by molar-refractivity contribution is 4.49. The van der Waals surface area contributed by atoms with E-state index in [2.05, 4.69) is 27.7 Å². The molecule has 0 aromatic rings. The molecule has 0 saturated carbocycles. The largest absolute Gasteiger partial charge is 1.00 e. The van der Waals surface area contributed by atoms with Crippen molar-refractivity contribution >= 4 is 0 Å². The molecule has 0 N–H and O–H groups in total. The van der Waals surface area contributed by atoms with Crippen LogP contribution in [0.2, 0.25) is 0 Å². The van der Waals surface area contributed by atoms with Gasteiger partial charge in [-0.15, -0.1) is 0 Å². The Balaban J connectivity index is 0. The van der Waals surface area contributed by atoms with Crippen molar-refractivity contribution in [3.8, 4) is 0 Å². The van der Waals surface area contributed by atoms with Gasteiger partial charge in [0.15, 0.2) is 0 Å². The minimum atomic E-state index is 0. The van der Waals surface area contributed by atoms with Crippen molar-refractivity contribution in [1.82, 2.24) is 0 Å². The van der Waals surface area contributed by atoms with Crippen LogP contribution in [0, 0.1) is 0 Å². The van der Waals surface area contributed by atoms with Gasteiger partial charge in [-0.2, -0.15) is 0 Å². The molecule has 0 bridgehead atoms. The quantitative estimate of drug-likeness (QED) is 0.342. The Morgan fingerprint density at radius 1 is 0.450 bits per heavy atom. The summed E-state index contributed by atoms with van der Waals surface area (Å²) in [5, 5.41) is 0. The second-order valence-electron chi connectivity index (χ2n) is 6.36. The molecule has 0 rings (SSSR count). The third-order valence-corrected chi connectivity index (χ3v) is 4.33. The summed E-state index contributed by atoms with van der Waals surface area (Å²) in [5.41, 5.74) is 0. The Morgan fingerprint density at radius 2 is 0.850 bits per heavy atom. The molecule has 1 nitrogen and oxygen atoms in total. The van der Waals surface area contributed by atoms with Gasteiger partial charge in [0, 0.05) is 0 Å². The average Bonchev–Trinajstić information content (AvgIpc) is 2.39. The predicted molar refractivity (Wildman–Crippen MR) is 88.6 cm³/mol. The topological polar surface area (TPSA) is 0 Å². The molecule has 0 unspecified atom stereocenters. The number of nitrogens with zero attached hydrogens (tertiary/aromatic N) is 1. The Morgan fingerprint density at radius 3 is 1.25 bits per heavy atom. The summed E-state index contributed by atoms with van der Waals surface area (Å²) in [7, 11) is 0. The summed E-state index contributed by atoms with van der Waals surface area (Å²) in [6, 6.07) is 0. The van der Waals surface area contributed by atoms with E-state index < -0.39 is 0 Å². The number of hydrogen-bond donors (Lipinski definition) is 0. The van der Waals surface area contributed by atoms with Gasteiger partial charge in [-0.05, 0) is 32.1 Å². The van der Waals surface area contributed by atoms with Crippen LogP contribution in [0.1, 0.15) is 91.9 Å². The van der Waals surface area contributed by atoms with E-state index in [9.17, 15) is 0 Å². The van der Waals surface area contributed by atoms with Gasteiger partial charge in [-0.3, -0.25) is 0 Å². The fraction of sp³-hybridized carbons (Fsp3) is 1.00. The van der Waals surface area contributed by atoms with Crippen LogP contribution in [0.4, 0.5) is 0 Å². The highest BCUT2D eigenvalue weighted by Crippen LogP contribution is 2.15. The number of rotatable bonds is 14. The van der Waals surface area contributed by atoms with Crippen LogP contribution >= 0.6 is 0 Å². The lowest BCUT2D eigenvalue weighted by Gasteiger charge is -2.38. The van der Waals surface area contributed by atoms with Crippen LogP contribution in [-0.4, -0.2) is 30.7 Å². The normalized spacial score (nSPS) is 11.4. The minimum absolute atomic E-state index is 0. The first-order chi connectivity index (χ1) is 9.24. The molecule has 0 aliphatic carbocycles. The smallest absolute Gasteiger partial charge is 0.0786 e. The van der Waals surface area contributed by atoms with Crippen molar-refractivity contribution < 1.29 is 16.9 Å². The fourth-order valence-corrected chi connectivity index (χ4v) is 3.50. The fourth-order valence-electron chi connectivity index (χ4n) is 3.50. The van der Waals surface area contributed by atoms with E-state index in [1.807, 2.05) is 0 Å². The summed E-state index contributed by atoms with van der Waals surface area (Å²) in [6.07, 6.45) is 14.1. The molecule has 2 heteroatoms. The minimum Gasteiger partial charge on any atom is -1.00 e. The summed E-state index contributed by atoms with van der Waals surface area (Å²) in [5.74, 6) is 0. The highest BCUT2D eigenvalue weighted by Gasteiger charge is 2.23. The molecule has 0 heterocycles. The number of unbranched alkanes of at least 4 members (excludes halogenated alkanes) is 6. The Bertz CT molecular complexity index is 165. The van der Waals surface area contributed by atoms with E-state index in [4.69, 9.17) is 0 Å². The van der Waals surface area contributed by atoms with E-state index in [-0.39, 0.29) is 12.4 Å². The molecular formula is C18H40ClN. The van der Waals surface area contributed by atoms with Crippen molar-refractivity contribution in [1.29, 1.82) is 0 Å². The predicted octanol–water partition coefficient (Wildman–Crippen LogP) is 2.79. The van der Waals surface area contributed by atoms with Crippen molar-refractivity contribution in [2.24, 2.45) is 0 Å². The van der Waals surface area contributed by atoms with E-state index in [1.54, 1.807) is 0 Å². The van der Waals surface area contributed by atoms with Crippen LogP contribution in [0.5, 0.6) is 0 Å². The number of halogens is 1. The molecule has 0 saturated heterocycles. The van der Waals surface area contributed by atoms with E-state index in [0.29, 0.717) is 0 Å².